The van der Waals surface area contributed by atoms with Gasteiger partial charge in [-0.05, 0) is 36.2 Å². The number of nitrogens with zero attached hydrogens (tertiary/aromatic N) is 3. The lowest BCUT2D eigenvalue weighted by molar-refractivity contribution is -0.119. The molecule has 2 amide bonds. The lowest BCUT2D eigenvalue weighted by Gasteiger charge is -2.36. The van der Waals surface area contributed by atoms with E-state index in [1.165, 1.54) is 17.9 Å². The van der Waals surface area contributed by atoms with Crippen LogP contribution in [0.15, 0.2) is 36.4 Å². The fourth-order valence-corrected chi connectivity index (χ4v) is 5.07. The van der Waals surface area contributed by atoms with Gasteiger partial charge in [0.05, 0.1) is 37.7 Å². The average Bonchev–Trinajstić information content (AvgIpc) is 3.48. The van der Waals surface area contributed by atoms with E-state index in [1.54, 1.807) is 12.1 Å². The van der Waals surface area contributed by atoms with Crippen LogP contribution >= 0.6 is 12.4 Å². The number of fused-ring (bicyclic) bond motifs is 1. The van der Waals surface area contributed by atoms with E-state index in [0.717, 1.165) is 37.1 Å². The number of ether oxygens (including phenoxy) is 2. The fourth-order valence-electron chi connectivity index (χ4n) is 5.07. The molecule has 3 aliphatic heterocycles. The Labute approximate surface area is 233 Å². The predicted octanol–water partition coefficient (Wildman–Crippen LogP) is 1.52. The molecule has 0 bridgehead atoms. The number of hydrogen-bond donors (Lipinski definition) is 2. The third-order valence-corrected chi connectivity index (χ3v) is 7.08. The quantitative estimate of drug-likeness (QED) is 0.350. The van der Waals surface area contributed by atoms with E-state index >= 15 is 4.39 Å². The van der Waals surface area contributed by atoms with Crippen LogP contribution in [0.5, 0.6) is 5.75 Å². The number of halogens is 2. The lowest BCUT2D eigenvalue weighted by Crippen LogP contribution is -2.47. The molecule has 39 heavy (non-hydrogen) atoms. The van der Waals surface area contributed by atoms with Gasteiger partial charge < -0.3 is 29.4 Å². The van der Waals surface area contributed by atoms with Crippen molar-refractivity contribution in [2.45, 2.75) is 26.1 Å². The summed E-state index contributed by atoms with van der Waals surface area (Å²) in [7, 11) is -0.931. The molecular weight excluding hydrogens is 530 g/mol. The van der Waals surface area contributed by atoms with Gasteiger partial charge in [0.15, 0.2) is 0 Å². The summed E-state index contributed by atoms with van der Waals surface area (Å²) in [4.78, 5) is 29.1. The SMILES string of the molecule is CC(=O)NCC1CN(c2ccc(N3CCN(CCCOc4cccc5c4B(O)OC5)CC3)c(F)c2)C(=O)O1.Cl. The van der Waals surface area contributed by atoms with Crippen molar-refractivity contribution in [2.24, 2.45) is 0 Å². The van der Waals surface area contributed by atoms with Crippen LogP contribution in [0.3, 0.4) is 0 Å². The first kappa shape index (κ1) is 28.9. The van der Waals surface area contributed by atoms with Gasteiger partial charge in [-0.2, -0.15) is 0 Å². The first-order valence-electron chi connectivity index (χ1n) is 12.9. The Bertz CT molecular complexity index is 1190. The third-order valence-electron chi connectivity index (χ3n) is 7.08. The number of amides is 2. The zero-order chi connectivity index (χ0) is 26.6. The van der Waals surface area contributed by atoms with Gasteiger partial charge in [0, 0.05) is 45.1 Å². The highest BCUT2D eigenvalue weighted by Gasteiger charge is 2.33. The molecule has 0 spiro atoms. The Kier molecular flexibility index (Phi) is 9.55. The van der Waals surface area contributed by atoms with Gasteiger partial charge in [-0.1, -0.05) is 12.1 Å². The number of carbonyl (C=O) groups is 2. The highest BCUT2D eigenvalue weighted by Crippen LogP contribution is 2.28. The standard InChI is InChI=1S/C26H32BFN4O6.ClH/c1-18(33)29-15-21-16-32(26(34)38-21)20-6-7-23(22(28)14-20)31-11-9-30(10-12-31)8-3-13-36-24-5-2-4-19-17-37-27(35)25(19)24;/h2,4-7,14,21,35H,3,8-13,15-17H2,1H3,(H,29,33);1H. The van der Waals surface area contributed by atoms with Crippen molar-refractivity contribution < 1.29 is 33.1 Å². The monoisotopic (exact) mass is 562 g/mol. The van der Waals surface area contributed by atoms with E-state index in [-0.39, 0.29) is 37.2 Å². The van der Waals surface area contributed by atoms with Crippen molar-refractivity contribution in [3.63, 3.8) is 0 Å². The highest BCUT2D eigenvalue weighted by atomic mass is 35.5. The molecule has 2 aromatic rings. The van der Waals surface area contributed by atoms with Crippen LogP contribution in [0.4, 0.5) is 20.6 Å². The van der Waals surface area contributed by atoms with Gasteiger partial charge in [-0.3, -0.25) is 14.6 Å². The van der Waals surface area contributed by atoms with Gasteiger partial charge in [0.1, 0.15) is 17.7 Å². The zero-order valence-corrected chi connectivity index (χ0v) is 22.6. The van der Waals surface area contributed by atoms with E-state index in [9.17, 15) is 14.6 Å². The molecule has 13 heteroatoms. The van der Waals surface area contributed by atoms with Crippen molar-refractivity contribution in [2.75, 3.05) is 62.2 Å². The highest BCUT2D eigenvalue weighted by molar-refractivity contribution is 6.62. The Hall–Kier alpha value is -3.06. The molecule has 0 radical (unpaired) electrons. The van der Waals surface area contributed by atoms with E-state index in [4.69, 9.17) is 14.1 Å². The predicted molar refractivity (Wildman–Crippen MR) is 148 cm³/mol. The normalized spacial score (nSPS) is 19.0. The number of rotatable bonds is 9. The minimum atomic E-state index is -0.931. The van der Waals surface area contributed by atoms with E-state index in [2.05, 4.69) is 10.2 Å². The summed E-state index contributed by atoms with van der Waals surface area (Å²) in [6.45, 7) is 6.65. The molecule has 2 aromatic carbocycles. The molecule has 2 saturated heterocycles. The number of piperazine rings is 1. The third kappa shape index (κ3) is 6.75. The van der Waals surface area contributed by atoms with Gasteiger partial charge >= 0.3 is 13.2 Å². The maximum atomic E-state index is 15.1. The first-order valence-corrected chi connectivity index (χ1v) is 12.9. The molecule has 3 aliphatic rings. The Morgan fingerprint density at radius 2 is 2.03 bits per heavy atom. The maximum absolute atomic E-state index is 15.1. The van der Waals surface area contributed by atoms with E-state index < -0.39 is 19.3 Å². The van der Waals surface area contributed by atoms with Crippen LogP contribution in [0.25, 0.3) is 0 Å². The van der Waals surface area contributed by atoms with E-state index in [0.29, 0.717) is 43.4 Å². The van der Waals surface area contributed by atoms with Gasteiger partial charge in [-0.15, -0.1) is 12.4 Å². The molecule has 0 saturated carbocycles. The van der Waals surface area contributed by atoms with Crippen LogP contribution in [-0.2, 0) is 20.8 Å². The number of nitrogens with one attached hydrogen (secondary N) is 1. The minimum Gasteiger partial charge on any atom is -0.494 e. The smallest absolute Gasteiger partial charge is 0.494 e. The molecule has 1 atom stereocenters. The molecule has 0 aliphatic carbocycles. The average molecular weight is 563 g/mol. The molecular formula is C26H33BClFN4O6. The lowest BCUT2D eigenvalue weighted by atomic mass is 9.79. The summed E-state index contributed by atoms with van der Waals surface area (Å²) >= 11 is 0. The van der Waals surface area contributed by atoms with Crippen LogP contribution in [0, 0.1) is 5.82 Å². The molecule has 10 nitrogen and oxygen atoms in total. The topological polar surface area (TPSA) is 104 Å². The second-order valence-electron chi connectivity index (χ2n) is 9.71. The molecule has 2 N–H and O–H groups in total. The summed E-state index contributed by atoms with van der Waals surface area (Å²) in [6, 6.07) is 10.5. The molecule has 3 heterocycles. The number of carbonyl (C=O) groups excluding carboxylic acids is 2. The molecule has 5 rings (SSSR count). The van der Waals surface area contributed by atoms with Crippen molar-refractivity contribution in [1.29, 1.82) is 0 Å². The van der Waals surface area contributed by atoms with Crippen LogP contribution < -0.4 is 25.3 Å². The molecule has 2 fully saturated rings. The summed E-state index contributed by atoms with van der Waals surface area (Å²) in [5.41, 5.74) is 2.62. The molecule has 0 aromatic heterocycles. The summed E-state index contributed by atoms with van der Waals surface area (Å²) in [5.74, 6) is 0.0837. The van der Waals surface area contributed by atoms with Gasteiger partial charge in [0.2, 0.25) is 5.91 Å². The first-order chi connectivity index (χ1) is 18.4. The van der Waals surface area contributed by atoms with Crippen LogP contribution in [-0.4, -0.2) is 87.6 Å². The molecule has 1 unspecified atom stereocenters. The second-order valence-corrected chi connectivity index (χ2v) is 9.71. The van der Waals surface area contributed by atoms with Crippen molar-refractivity contribution in [3.8, 4) is 5.75 Å². The summed E-state index contributed by atoms with van der Waals surface area (Å²) in [5, 5.41) is 12.6. The number of hydrogen-bond acceptors (Lipinski definition) is 8. The van der Waals surface area contributed by atoms with Crippen molar-refractivity contribution >= 4 is 48.4 Å². The second kappa shape index (κ2) is 12.9. The van der Waals surface area contributed by atoms with Crippen molar-refractivity contribution in [1.82, 2.24) is 10.2 Å². The maximum Gasteiger partial charge on any atom is 0.495 e. The Morgan fingerprint density at radius 3 is 2.77 bits per heavy atom. The fraction of sp³-hybridized carbons (Fsp3) is 0.462. The van der Waals surface area contributed by atoms with Gasteiger partial charge in [0.25, 0.3) is 0 Å². The molecule has 210 valence electrons. The largest absolute Gasteiger partial charge is 0.495 e. The zero-order valence-electron chi connectivity index (χ0n) is 21.8. The number of cyclic esters (lactones) is 1. The number of anilines is 2. The van der Waals surface area contributed by atoms with Gasteiger partial charge in [-0.25, -0.2) is 9.18 Å². The Morgan fingerprint density at radius 1 is 1.23 bits per heavy atom. The summed E-state index contributed by atoms with van der Waals surface area (Å²) < 4.78 is 31.5. The van der Waals surface area contributed by atoms with Crippen LogP contribution in [0.1, 0.15) is 18.9 Å². The minimum absolute atomic E-state index is 0. The van der Waals surface area contributed by atoms with E-state index in [1.807, 2.05) is 23.1 Å². The number of benzene rings is 2. The Balaban J connectivity index is 0.00000353. The summed E-state index contributed by atoms with van der Waals surface area (Å²) in [6.07, 6.45) is -0.189. The van der Waals surface area contributed by atoms with Crippen LogP contribution in [0.2, 0.25) is 0 Å². The van der Waals surface area contributed by atoms with Crippen molar-refractivity contribution in [3.05, 3.63) is 47.8 Å².